The first-order valence-electron chi connectivity index (χ1n) is 7.69. The van der Waals surface area contributed by atoms with Crippen LogP contribution in [-0.2, 0) is 20.0 Å². The van der Waals surface area contributed by atoms with Crippen LogP contribution in [0.25, 0.3) is 0 Å². The second-order valence-corrected chi connectivity index (χ2v) is 9.26. The van der Waals surface area contributed by atoms with Gasteiger partial charge in [0.15, 0.2) is 0 Å². The Labute approximate surface area is 143 Å². The number of rotatable bonds is 8. The molecule has 0 spiro atoms. The zero-order chi connectivity index (χ0) is 17.8. The van der Waals surface area contributed by atoms with Gasteiger partial charge in [0.05, 0.1) is 18.6 Å². The highest BCUT2D eigenvalue weighted by atomic mass is 32.2. The molecule has 1 saturated heterocycles. The van der Waals surface area contributed by atoms with Crippen molar-refractivity contribution < 1.29 is 21.6 Å². The smallest absolute Gasteiger partial charge is 0.242 e. The predicted octanol–water partition coefficient (Wildman–Crippen LogP) is 0.487. The van der Waals surface area contributed by atoms with Crippen LogP contribution in [0, 0.1) is 0 Å². The lowest BCUT2D eigenvalue weighted by molar-refractivity contribution is 0.414. The molecule has 3 N–H and O–H groups in total. The zero-order valence-electron chi connectivity index (χ0n) is 13.7. The van der Waals surface area contributed by atoms with Gasteiger partial charge in [-0.05, 0) is 38.4 Å². The summed E-state index contributed by atoms with van der Waals surface area (Å²) in [7, 11) is -6.06. The Morgan fingerprint density at radius 3 is 2.62 bits per heavy atom. The van der Waals surface area contributed by atoms with Crippen molar-refractivity contribution in [2.24, 2.45) is 0 Å². The van der Waals surface area contributed by atoms with Gasteiger partial charge in [-0.25, -0.2) is 21.6 Å². The maximum atomic E-state index is 12.6. The molecule has 0 radical (unpaired) electrons. The fourth-order valence-electron chi connectivity index (χ4n) is 2.41. The summed E-state index contributed by atoms with van der Waals surface area (Å²) in [5.41, 5.74) is -0.0249. The number of nitrogens with one attached hydrogen (secondary N) is 3. The molecule has 24 heavy (non-hydrogen) atoms. The number of hydrogen-bond acceptors (Lipinski definition) is 6. The van der Waals surface area contributed by atoms with E-state index in [2.05, 4.69) is 14.8 Å². The van der Waals surface area contributed by atoms with Gasteiger partial charge in [0, 0.05) is 18.7 Å². The van der Waals surface area contributed by atoms with E-state index in [0.29, 0.717) is 5.75 Å². The van der Waals surface area contributed by atoms with Gasteiger partial charge in [0.1, 0.15) is 10.6 Å². The van der Waals surface area contributed by atoms with Gasteiger partial charge >= 0.3 is 0 Å². The number of hydrogen-bond donors (Lipinski definition) is 3. The minimum atomic E-state index is -3.86. The second-order valence-electron chi connectivity index (χ2n) is 5.51. The molecule has 1 aliphatic heterocycles. The van der Waals surface area contributed by atoms with Gasteiger partial charge < -0.3 is 10.1 Å². The molecule has 1 unspecified atom stereocenters. The van der Waals surface area contributed by atoms with Crippen molar-refractivity contribution in [2.45, 2.75) is 30.7 Å². The average Bonchev–Trinajstić information content (AvgIpc) is 3.06. The third kappa shape index (κ3) is 4.82. The molecule has 1 aromatic carbocycles. The van der Waals surface area contributed by atoms with Crippen LogP contribution < -0.4 is 19.5 Å². The Balaban J connectivity index is 2.29. The van der Waals surface area contributed by atoms with E-state index in [0.717, 1.165) is 19.4 Å². The minimum absolute atomic E-state index is 0.0249. The van der Waals surface area contributed by atoms with E-state index >= 15 is 0 Å². The first kappa shape index (κ1) is 19.0. The Morgan fingerprint density at radius 2 is 2.04 bits per heavy atom. The van der Waals surface area contributed by atoms with Crippen LogP contribution in [0.5, 0.6) is 5.75 Å². The molecule has 1 aromatic rings. The largest absolute Gasteiger partial charge is 0.497 e. The van der Waals surface area contributed by atoms with Crippen LogP contribution in [-0.4, -0.2) is 48.8 Å². The maximum absolute atomic E-state index is 12.6. The molecule has 10 heteroatoms. The third-order valence-corrected chi connectivity index (χ3v) is 6.58. The summed E-state index contributed by atoms with van der Waals surface area (Å²) in [6, 6.07) is 4.26. The SMILES string of the molecule is CCS(=O)(=O)Nc1cc(OC)ccc1S(=O)(=O)NCC1CCCN1. The molecule has 2 rings (SSSR count). The Morgan fingerprint density at radius 1 is 1.29 bits per heavy atom. The van der Waals surface area contributed by atoms with Crippen LogP contribution >= 0.6 is 0 Å². The monoisotopic (exact) mass is 377 g/mol. The quantitative estimate of drug-likeness (QED) is 0.607. The van der Waals surface area contributed by atoms with Crippen LogP contribution in [0.3, 0.4) is 0 Å². The summed E-state index contributed by atoms with van der Waals surface area (Å²) in [6.07, 6.45) is 1.91. The molecule has 0 bridgehead atoms. The third-order valence-electron chi connectivity index (χ3n) is 3.80. The Hall–Kier alpha value is -1.36. The molecule has 1 atom stereocenters. The minimum Gasteiger partial charge on any atom is -0.497 e. The second kappa shape index (κ2) is 7.68. The molecule has 136 valence electrons. The normalized spacial score (nSPS) is 18.5. The van der Waals surface area contributed by atoms with Crippen molar-refractivity contribution in [3.05, 3.63) is 18.2 Å². The highest BCUT2D eigenvalue weighted by Gasteiger charge is 2.24. The number of methoxy groups -OCH3 is 1. The van der Waals surface area contributed by atoms with Crippen molar-refractivity contribution in [1.29, 1.82) is 0 Å². The number of ether oxygens (including phenoxy) is 1. The Bertz CT molecular complexity index is 772. The number of benzene rings is 1. The standard InChI is InChI=1S/C14H23N3O5S2/c1-3-23(18,19)17-13-9-12(22-2)6-7-14(13)24(20,21)16-10-11-5-4-8-15-11/h6-7,9,11,15-17H,3-5,8,10H2,1-2H3. The fourth-order valence-corrected chi connectivity index (χ4v) is 4.34. The first-order valence-corrected chi connectivity index (χ1v) is 10.8. The van der Waals surface area contributed by atoms with Crippen molar-refractivity contribution in [1.82, 2.24) is 10.0 Å². The van der Waals surface area contributed by atoms with Crippen molar-refractivity contribution in [3.63, 3.8) is 0 Å². The molecule has 0 saturated carbocycles. The van der Waals surface area contributed by atoms with E-state index in [1.54, 1.807) is 0 Å². The molecule has 0 amide bonds. The average molecular weight is 377 g/mol. The predicted molar refractivity (Wildman–Crippen MR) is 92.3 cm³/mol. The highest BCUT2D eigenvalue weighted by Crippen LogP contribution is 2.27. The molecule has 1 aliphatic rings. The molecule has 8 nitrogen and oxygen atoms in total. The summed E-state index contributed by atoms with van der Waals surface area (Å²) < 4.78 is 58.7. The molecular weight excluding hydrogens is 354 g/mol. The fraction of sp³-hybridized carbons (Fsp3) is 0.571. The van der Waals surface area contributed by atoms with Gasteiger partial charge in [0.25, 0.3) is 0 Å². The van der Waals surface area contributed by atoms with E-state index in [4.69, 9.17) is 4.74 Å². The van der Waals surface area contributed by atoms with Gasteiger partial charge in [-0.1, -0.05) is 0 Å². The molecule has 1 heterocycles. The number of sulfonamides is 2. The van der Waals surface area contributed by atoms with Crippen LogP contribution in [0.2, 0.25) is 0 Å². The topological polar surface area (TPSA) is 114 Å². The molecule has 0 aromatic heterocycles. The number of anilines is 1. The van der Waals surface area contributed by atoms with Crippen LogP contribution in [0.15, 0.2) is 23.1 Å². The lowest BCUT2D eigenvalue weighted by atomic mass is 10.2. The van der Waals surface area contributed by atoms with E-state index in [1.807, 2.05) is 0 Å². The molecular formula is C14H23N3O5S2. The summed E-state index contributed by atoms with van der Waals surface area (Å²) in [6.45, 7) is 2.60. The van der Waals surface area contributed by atoms with E-state index in [-0.39, 0.29) is 28.9 Å². The van der Waals surface area contributed by atoms with Gasteiger partial charge in [-0.15, -0.1) is 0 Å². The van der Waals surface area contributed by atoms with Gasteiger partial charge in [0.2, 0.25) is 20.0 Å². The van der Waals surface area contributed by atoms with E-state index in [1.165, 1.54) is 32.2 Å². The lowest BCUT2D eigenvalue weighted by Crippen LogP contribution is -2.37. The van der Waals surface area contributed by atoms with E-state index < -0.39 is 20.0 Å². The lowest BCUT2D eigenvalue weighted by Gasteiger charge is -2.16. The van der Waals surface area contributed by atoms with Gasteiger partial charge in [-0.3, -0.25) is 4.72 Å². The maximum Gasteiger partial charge on any atom is 0.242 e. The molecule has 0 aliphatic carbocycles. The van der Waals surface area contributed by atoms with Gasteiger partial charge in [-0.2, -0.15) is 0 Å². The summed E-state index contributed by atoms with van der Waals surface area (Å²) in [5, 5.41) is 3.20. The summed E-state index contributed by atoms with van der Waals surface area (Å²) in [4.78, 5) is -0.127. The van der Waals surface area contributed by atoms with Crippen LogP contribution in [0.4, 0.5) is 5.69 Å². The summed E-state index contributed by atoms with van der Waals surface area (Å²) >= 11 is 0. The first-order chi connectivity index (χ1) is 11.3. The van der Waals surface area contributed by atoms with Crippen molar-refractivity contribution >= 4 is 25.7 Å². The highest BCUT2D eigenvalue weighted by molar-refractivity contribution is 7.93. The molecule has 1 fully saturated rings. The van der Waals surface area contributed by atoms with Crippen LogP contribution in [0.1, 0.15) is 19.8 Å². The zero-order valence-corrected chi connectivity index (χ0v) is 15.3. The summed E-state index contributed by atoms with van der Waals surface area (Å²) in [5.74, 6) is 0.198. The van der Waals surface area contributed by atoms with E-state index in [9.17, 15) is 16.8 Å². The Kier molecular flexibility index (Phi) is 6.07. The van der Waals surface area contributed by atoms with Crippen molar-refractivity contribution in [2.75, 3.05) is 30.7 Å². The van der Waals surface area contributed by atoms with Crippen molar-refractivity contribution in [3.8, 4) is 5.75 Å².